The Balaban J connectivity index is 2.29. The molecule has 5 nitrogen and oxygen atoms in total. The van der Waals surface area contributed by atoms with Crippen molar-refractivity contribution in [2.45, 2.75) is 37.8 Å². The molecule has 2 unspecified atom stereocenters. The van der Waals surface area contributed by atoms with Crippen molar-refractivity contribution in [3.05, 3.63) is 0 Å². The van der Waals surface area contributed by atoms with E-state index in [1.54, 1.807) is 0 Å². The van der Waals surface area contributed by atoms with E-state index in [-0.39, 0.29) is 6.54 Å². The number of ether oxygens (including phenoxy) is 1. The van der Waals surface area contributed by atoms with Gasteiger partial charge in [0.05, 0.1) is 7.11 Å². The van der Waals surface area contributed by atoms with Crippen molar-refractivity contribution in [1.29, 1.82) is 0 Å². The summed E-state index contributed by atoms with van der Waals surface area (Å²) in [6.07, 6.45) is 3.68. The lowest BCUT2D eigenvalue weighted by Gasteiger charge is -2.33. The summed E-state index contributed by atoms with van der Waals surface area (Å²) in [4.78, 5) is 13.6. The summed E-state index contributed by atoms with van der Waals surface area (Å²) in [7, 11) is 3.40. The van der Waals surface area contributed by atoms with E-state index in [0.29, 0.717) is 6.04 Å². The van der Waals surface area contributed by atoms with E-state index in [2.05, 4.69) is 22.0 Å². The number of hydrogen-bond donors (Lipinski definition) is 2. The fourth-order valence-corrected chi connectivity index (χ4v) is 2.18. The van der Waals surface area contributed by atoms with Crippen LogP contribution < -0.4 is 5.32 Å². The van der Waals surface area contributed by atoms with Gasteiger partial charge in [0.1, 0.15) is 0 Å². The van der Waals surface area contributed by atoms with Crippen LogP contribution in [-0.4, -0.2) is 61.4 Å². The molecule has 0 aromatic carbocycles. The molecule has 5 heteroatoms. The molecule has 1 fully saturated rings. The number of aliphatic hydroxyl groups is 1. The van der Waals surface area contributed by atoms with Crippen LogP contribution in [0.25, 0.3) is 0 Å². The third kappa shape index (κ3) is 4.26. The minimum atomic E-state index is -1.44. The Morgan fingerprint density at radius 3 is 2.88 bits per heavy atom. The van der Waals surface area contributed by atoms with Gasteiger partial charge < -0.3 is 20.1 Å². The molecule has 0 aromatic rings. The van der Waals surface area contributed by atoms with Gasteiger partial charge in [-0.1, -0.05) is 6.42 Å². The van der Waals surface area contributed by atoms with E-state index in [4.69, 9.17) is 0 Å². The lowest BCUT2D eigenvalue weighted by atomic mass is 10.0. The number of nitrogens with zero attached hydrogens (tertiary/aromatic N) is 1. The van der Waals surface area contributed by atoms with Crippen molar-refractivity contribution in [2.75, 3.05) is 33.8 Å². The molecule has 2 N–H and O–H groups in total. The van der Waals surface area contributed by atoms with Gasteiger partial charge in [-0.2, -0.15) is 0 Å². The number of hydrogen-bond acceptors (Lipinski definition) is 5. The maximum Gasteiger partial charge on any atom is 0.338 e. The molecule has 1 saturated heterocycles. The highest BCUT2D eigenvalue weighted by Crippen LogP contribution is 2.14. The molecule has 1 aliphatic heterocycles. The minimum Gasteiger partial charge on any atom is -0.467 e. The third-order valence-corrected chi connectivity index (χ3v) is 3.40. The second kappa shape index (κ2) is 6.33. The average Bonchev–Trinajstić information content (AvgIpc) is 2.30. The van der Waals surface area contributed by atoms with Crippen molar-refractivity contribution in [2.24, 2.45) is 0 Å². The molecule has 1 rings (SSSR count). The summed E-state index contributed by atoms with van der Waals surface area (Å²) in [5, 5.41) is 13.0. The summed E-state index contributed by atoms with van der Waals surface area (Å²) >= 11 is 0. The van der Waals surface area contributed by atoms with E-state index in [0.717, 1.165) is 13.1 Å². The highest BCUT2D eigenvalue weighted by atomic mass is 16.5. The SMILES string of the molecule is COC(=O)C(C)(O)CNCC1CCCCN1C. The number of nitrogens with one attached hydrogen (secondary N) is 1. The number of methoxy groups -OCH3 is 1. The number of piperidine rings is 1. The first-order chi connectivity index (χ1) is 7.97. The van der Waals surface area contributed by atoms with Crippen LogP contribution in [0.3, 0.4) is 0 Å². The average molecular weight is 244 g/mol. The number of likely N-dealkylation sites (tertiary alicyclic amines) is 1. The summed E-state index contributed by atoms with van der Waals surface area (Å²) in [6.45, 7) is 3.61. The van der Waals surface area contributed by atoms with Crippen molar-refractivity contribution in [1.82, 2.24) is 10.2 Å². The molecule has 0 bridgehead atoms. The smallest absolute Gasteiger partial charge is 0.338 e. The van der Waals surface area contributed by atoms with Gasteiger partial charge in [0.25, 0.3) is 0 Å². The molecule has 1 aliphatic rings. The lowest BCUT2D eigenvalue weighted by molar-refractivity contribution is -0.159. The van der Waals surface area contributed by atoms with Crippen molar-refractivity contribution in [3.8, 4) is 0 Å². The zero-order chi connectivity index (χ0) is 12.9. The van der Waals surface area contributed by atoms with Gasteiger partial charge in [-0.3, -0.25) is 0 Å². The third-order valence-electron chi connectivity index (χ3n) is 3.40. The van der Waals surface area contributed by atoms with Gasteiger partial charge in [0.15, 0.2) is 5.60 Å². The number of rotatable bonds is 5. The maximum absolute atomic E-state index is 11.3. The molecular weight excluding hydrogens is 220 g/mol. The Morgan fingerprint density at radius 2 is 2.29 bits per heavy atom. The second-order valence-electron chi connectivity index (χ2n) is 5.03. The topological polar surface area (TPSA) is 61.8 Å². The Labute approximate surface area is 103 Å². The fraction of sp³-hybridized carbons (Fsp3) is 0.917. The summed E-state index contributed by atoms with van der Waals surface area (Å²) < 4.78 is 4.54. The van der Waals surface area contributed by atoms with Crippen LogP contribution in [-0.2, 0) is 9.53 Å². The highest BCUT2D eigenvalue weighted by molar-refractivity contribution is 5.78. The Morgan fingerprint density at radius 1 is 1.59 bits per heavy atom. The fourth-order valence-electron chi connectivity index (χ4n) is 2.18. The van der Waals surface area contributed by atoms with Crippen molar-refractivity contribution < 1.29 is 14.6 Å². The van der Waals surface area contributed by atoms with Crippen molar-refractivity contribution >= 4 is 5.97 Å². The van der Waals surface area contributed by atoms with Gasteiger partial charge in [-0.15, -0.1) is 0 Å². The molecule has 100 valence electrons. The first-order valence-electron chi connectivity index (χ1n) is 6.19. The Bertz CT molecular complexity index is 256. The van der Waals surface area contributed by atoms with Crippen LogP contribution in [0.5, 0.6) is 0 Å². The number of esters is 1. The van der Waals surface area contributed by atoms with Crippen LogP contribution in [0.1, 0.15) is 26.2 Å². The van der Waals surface area contributed by atoms with Gasteiger partial charge in [-0.25, -0.2) is 4.79 Å². The maximum atomic E-state index is 11.3. The molecule has 0 radical (unpaired) electrons. The van der Waals surface area contributed by atoms with E-state index >= 15 is 0 Å². The molecule has 0 amide bonds. The molecule has 0 spiro atoms. The molecule has 0 aliphatic carbocycles. The van der Waals surface area contributed by atoms with Gasteiger partial charge in [-0.05, 0) is 33.4 Å². The van der Waals surface area contributed by atoms with E-state index in [1.165, 1.54) is 33.3 Å². The number of carbonyl (C=O) groups excluding carboxylic acids is 1. The van der Waals surface area contributed by atoms with Crippen LogP contribution >= 0.6 is 0 Å². The second-order valence-corrected chi connectivity index (χ2v) is 5.03. The summed E-state index contributed by atoms with van der Waals surface area (Å²) in [5.74, 6) is -0.595. The first-order valence-corrected chi connectivity index (χ1v) is 6.19. The zero-order valence-corrected chi connectivity index (χ0v) is 11.0. The zero-order valence-electron chi connectivity index (χ0n) is 11.0. The molecule has 17 heavy (non-hydrogen) atoms. The molecule has 0 saturated carbocycles. The first kappa shape index (κ1) is 14.4. The monoisotopic (exact) mass is 244 g/mol. The normalized spacial score (nSPS) is 25.3. The minimum absolute atomic E-state index is 0.226. The predicted molar refractivity (Wildman–Crippen MR) is 65.8 cm³/mol. The number of likely N-dealkylation sites (N-methyl/N-ethyl adjacent to an activating group) is 1. The summed E-state index contributed by atoms with van der Waals surface area (Å²) in [6, 6.07) is 0.497. The highest BCUT2D eigenvalue weighted by Gasteiger charge is 2.31. The Hall–Kier alpha value is -0.650. The largest absolute Gasteiger partial charge is 0.467 e. The van der Waals surface area contributed by atoms with Gasteiger partial charge in [0.2, 0.25) is 0 Å². The quantitative estimate of drug-likeness (QED) is 0.666. The van der Waals surface area contributed by atoms with Crippen LogP contribution in [0, 0.1) is 0 Å². The molecule has 0 aromatic heterocycles. The molecule has 2 atom stereocenters. The van der Waals surface area contributed by atoms with E-state index in [1.807, 2.05) is 0 Å². The predicted octanol–water partition coefficient (Wildman–Crippen LogP) is -0.0157. The van der Waals surface area contributed by atoms with Crippen LogP contribution in [0.4, 0.5) is 0 Å². The van der Waals surface area contributed by atoms with Crippen LogP contribution in [0.2, 0.25) is 0 Å². The molecule has 1 heterocycles. The lowest BCUT2D eigenvalue weighted by Crippen LogP contribution is -2.50. The van der Waals surface area contributed by atoms with E-state index < -0.39 is 11.6 Å². The van der Waals surface area contributed by atoms with Gasteiger partial charge in [0, 0.05) is 19.1 Å². The van der Waals surface area contributed by atoms with Gasteiger partial charge >= 0.3 is 5.97 Å². The Kier molecular flexibility index (Phi) is 5.36. The number of carbonyl (C=O) groups is 1. The van der Waals surface area contributed by atoms with Crippen molar-refractivity contribution in [3.63, 3.8) is 0 Å². The van der Waals surface area contributed by atoms with Crippen LogP contribution in [0.15, 0.2) is 0 Å². The van der Waals surface area contributed by atoms with E-state index in [9.17, 15) is 9.90 Å². The summed E-state index contributed by atoms with van der Waals surface area (Å²) in [5.41, 5.74) is -1.44. The standard InChI is InChI=1S/C12H24N2O3/c1-12(16,11(15)17-3)9-13-8-10-6-4-5-7-14(10)2/h10,13,16H,4-9H2,1-3H3. The molecular formula is C12H24N2O3.